The molecule has 0 spiro atoms. The van der Waals surface area contributed by atoms with Gasteiger partial charge >= 0.3 is 0 Å². The molecule has 3 aromatic carbocycles. The summed E-state index contributed by atoms with van der Waals surface area (Å²) in [6.45, 7) is 6.76. The molecule has 1 heteroatoms. The predicted octanol–water partition coefficient (Wildman–Crippen LogP) is 5.60. The minimum absolute atomic E-state index is 0.626. The Bertz CT molecular complexity index is 746. The Hall–Kier alpha value is -2.54. The van der Waals surface area contributed by atoms with Crippen molar-refractivity contribution in [3.05, 3.63) is 85.3 Å². The lowest BCUT2D eigenvalue weighted by Crippen LogP contribution is -1.98. The molecule has 0 aliphatic carbocycles. The van der Waals surface area contributed by atoms with Gasteiger partial charge < -0.3 is 4.74 Å². The van der Waals surface area contributed by atoms with Crippen molar-refractivity contribution in [2.45, 2.75) is 6.92 Å². The van der Waals surface area contributed by atoms with E-state index in [-0.39, 0.29) is 0 Å². The van der Waals surface area contributed by atoms with Crippen LogP contribution in [0.4, 0.5) is 0 Å². The summed E-state index contributed by atoms with van der Waals surface area (Å²) in [5.74, 6) is 0.870. The van der Waals surface area contributed by atoms with Gasteiger partial charge in [0.2, 0.25) is 0 Å². The van der Waals surface area contributed by atoms with Crippen molar-refractivity contribution in [1.82, 2.24) is 0 Å². The van der Waals surface area contributed by atoms with Crippen LogP contribution in [0.5, 0.6) is 5.75 Å². The second-order valence-corrected chi connectivity index (χ2v) is 5.14. The van der Waals surface area contributed by atoms with Gasteiger partial charge in [-0.1, -0.05) is 72.8 Å². The largest absolute Gasteiger partial charge is 0.493 e. The van der Waals surface area contributed by atoms with Crippen LogP contribution in [-0.2, 0) is 0 Å². The topological polar surface area (TPSA) is 9.23 Å². The van der Waals surface area contributed by atoms with E-state index in [9.17, 15) is 0 Å². The number of benzene rings is 3. The zero-order valence-electron chi connectivity index (χ0n) is 12.8. The molecule has 1 radical (unpaired) electrons. The predicted molar refractivity (Wildman–Crippen MR) is 92.9 cm³/mol. The SMILES string of the molecule is [CH2]c1ccc(-c2ccccc2)c(-c2ccccc2)c1OCC. The summed E-state index contributed by atoms with van der Waals surface area (Å²) in [7, 11) is 0. The average molecular weight is 287 g/mol. The molecule has 3 rings (SSSR count). The van der Waals surface area contributed by atoms with Crippen LogP contribution in [0.15, 0.2) is 72.8 Å². The molecule has 0 N–H and O–H groups in total. The zero-order chi connectivity index (χ0) is 15.4. The van der Waals surface area contributed by atoms with Crippen molar-refractivity contribution < 1.29 is 4.74 Å². The molecule has 0 heterocycles. The Morgan fingerprint density at radius 2 is 1.36 bits per heavy atom. The maximum absolute atomic E-state index is 5.92. The maximum atomic E-state index is 5.92. The summed E-state index contributed by atoms with van der Waals surface area (Å²) in [6.07, 6.45) is 0. The van der Waals surface area contributed by atoms with Crippen LogP contribution >= 0.6 is 0 Å². The van der Waals surface area contributed by atoms with Gasteiger partial charge in [0.05, 0.1) is 6.61 Å². The smallest absolute Gasteiger partial charge is 0.130 e. The molecule has 0 aliphatic heterocycles. The van der Waals surface area contributed by atoms with Crippen LogP contribution in [0.2, 0.25) is 0 Å². The first-order valence-electron chi connectivity index (χ1n) is 7.54. The van der Waals surface area contributed by atoms with Crippen molar-refractivity contribution >= 4 is 0 Å². The quantitative estimate of drug-likeness (QED) is 0.606. The summed E-state index contributed by atoms with van der Waals surface area (Å²) in [4.78, 5) is 0. The molecule has 0 unspecified atom stereocenters. The molecule has 0 aromatic heterocycles. The van der Waals surface area contributed by atoms with Crippen LogP contribution in [0, 0.1) is 6.92 Å². The first kappa shape index (κ1) is 14.4. The van der Waals surface area contributed by atoms with Gasteiger partial charge in [0, 0.05) is 5.56 Å². The first-order chi connectivity index (χ1) is 10.8. The Labute approximate surface area is 132 Å². The molecule has 0 amide bonds. The Morgan fingerprint density at radius 3 is 1.95 bits per heavy atom. The van der Waals surface area contributed by atoms with E-state index in [4.69, 9.17) is 4.74 Å². The van der Waals surface area contributed by atoms with Gasteiger partial charge in [0.25, 0.3) is 0 Å². The van der Waals surface area contributed by atoms with E-state index in [0.29, 0.717) is 6.61 Å². The third-order valence-electron chi connectivity index (χ3n) is 3.68. The summed E-state index contributed by atoms with van der Waals surface area (Å²) in [6, 6.07) is 24.9. The van der Waals surface area contributed by atoms with E-state index in [1.807, 2.05) is 25.1 Å². The molecular formula is C21H19O. The van der Waals surface area contributed by atoms with Crippen LogP contribution in [-0.4, -0.2) is 6.61 Å². The van der Waals surface area contributed by atoms with Gasteiger partial charge in [-0.3, -0.25) is 0 Å². The van der Waals surface area contributed by atoms with Crippen molar-refractivity contribution in [1.29, 1.82) is 0 Å². The van der Waals surface area contributed by atoms with Crippen molar-refractivity contribution in [3.63, 3.8) is 0 Å². The fourth-order valence-corrected chi connectivity index (χ4v) is 2.68. The van der Waals surface area contributed by atoms with Crippen LogP contribution in [0.1, 0.15) is 12.5 Å². The van der Waals surface area contributed by atoms with Gasteiger partial charge in [-0.25, -0.2) is 0 Å². The minimum atomic E-state index is 0.626. The zero-order valence-corrected chi connectivity index (χ0v) is 12.8. The first-order valence-corrected chi connectivity index (χ1v) is 7.54. The lowest BCUT2D eigenvalue weighted by atomic mass is 9.92. The number of rotatable bonds is 4. The monoisotopic (exact) mass is 287 g/mol. The van der Waals surface area contributed by atoms with E-state index in [0.717, 1.165) is 22.4 Å². The van der Waals surface area contributed by atoms with Gasteiger partial charge in [0.1, 0.15) is 5.75 Å². The third kappa shape index (κ3) is 2.75. The third-order valence-corrected chi connectivity index (χ3v) is 3.68. The normalized spacial score (nSPS) is 10.5. The van der Waals surface area contributed by atoms with E-state index >= 15 is 0 Å². The van der Waals surface area contributed by atoms with Crippen molar-refractivity contribution in [2.24, 2.45) is 0 Å². The summed E-state index contributed by atoms with van der Waals surface area (Å²) in [5, 5.41) is 0. The van der Waals surface area contributed by atoms with E-state index < -0.39 is 0 Å². The fourth-order valence-electron chi connectivity index (χ4n) is 2.68. The number of hydrogen-bond acceptors (Lipinski definition) is 1. The van der Waals surface area contributed by atoms with Gasteiger partial charge in [-0.05, 0) is 36.1 Å². The summed E-state index contributed by atoms with van der Waals surface area (Å²) in [5.41, 5.74) is 5.53. The molecule has 0 bridgehead atoms. The fraction of sp³-hybridized carbons (Fsp3) is 0.0952. The highest BCUT2D eigenvalue weighted by Crippen LogP contribution is 2.41. The molecule has 0 aliphatic rings. The van der Waals surface area contributed by atoms with Gasteiger partial charge in [0.15, 0.2) is 0 Å². The lowest BCUT2D eigenvalue weighted by Gasteiger charge is -2.18. The Morgan fingerprint density at radius 1 is 0.773 bits per heavy atom. The van der Waals surface area contributed by atoms with E-state index in [1.54, 1.807) is 0 Å². The highest BCUT2D eigenvalue weighted by molar-refractivity contribution is 5.88. The lowest BCUT2D eigenvalue weighted by molar-refractivity contribution is 0.340. The maximum Gasteiger partial charge on any atom is 0.130 e. The molecule has 3 aromatic rings. The Kier molecular flexibility index (Phi) is 4.24. The van der Waals surface area contributed by atoms with Gasteiger partial charge in [-0.15, -0.1) is 0 Å². The summed E-state index contributed by atoms with van der Waals surface area (Å²) >= 11 is 0. The molecule has 22 heavy (non-hydrogen) atoms. The van der Waals surface area contributed by atoms with Gasteiger partial charge in [-0.2, -0.15) is 0 Å². The highest BCUT2D eigenvalue weighted by Gasteiger charge is 2.15. The van der Waals surface area contributed by atoms with Crippen LogP contribution in [0.3, 0.4) is 0 Å². The van der Waals surface area contributed by atoms with Crippen molar-refractivity contribution in [3.8, 4) is 28.0 Å². The average Bonchev–Trinajstić information content (AvgIpc) is 2.58. The summed E-state index contributed by atoms with van der Waals surface area (Å²) < 4.78 is 5.92. The molecular weight excluding hydrogens is 268 g/mol. The van der Waals surface area contributed by atoms with E-state index in [1.165, 1.54) is 11.1 Å². The molecule has 0 saturated carbocycles. The highest BCUT2D eigenvalue weighted by atomic mass is 16.5. The van der Waals surface area contributed by atoms with Crippen molar-refractivity contribution in [2.75, 3.05) is 6.61 Å². The van der Waals surface area contributed by atoms with E-state index in [2.05, 4.69) is 61.5 Å². The molecule has 0 saturated heterocycles. The van der Waals surface area contributed by atoms with Crippen LogP contribution < -0.4 is 4.74 Å². The molecule has 0 fully saturated rings. The second kappa shape index (κ2) is 6.48. The number of hydrogen-bond donors (Lipinski definition) is 0. The molecule has 1 nitrogen and oxygen atoms in total. The van der Waals surface area contributed by atoms with Crippen LogP contribution in [0.25, 0.3) is 22.3 Å². The number of ether oxygens (including phenoxy) is 1. The second-order valence-electron chi connectivity index (χ2n) is 5.14. The Balaban J connectivity index is 2.29. The standard InChI is InChI=1S/C21H19O/c1-3-22-21-16(2)14-15-19(17-10-6-4-7-11-17)20(21)18-12-8-5-9-13-18/h4-15H,2-3H2,1H3. The minimum Gasteiger partial charge on any atom is -0.493 e. The molecule has 109 valence electrons. The molecule has 0 atom stereocenters.